The summed E-state index contributed by atoms with van der Waals surface area (Å²) in [6.45, 7) is 2.07. The van der Waals surface area contributed by atoms with Crippen molar-refractivity contribution in [3.63, 3.8) is 0 Å². The average Bonchev–Trinajstić information content (AvgIpc) is 1.82. The van der Waals surface area contributed by atoms with Crippen LogP contribution in [0.15, 0.2) is 0 Å². The quantitative estimate of drug-likeness (QED) is 0.498. The standard InChI is InChI=1S/C9H14O2/c1-9-4-2-3-7(6-9)5-8(10)11-9/h7H,2-6H2,1H3/t7-,9+/m0/s1. The van der Waals surface area contributed by atoms with Gasteiger partial charge in [-0.3, -0.25) is 4.79 Å². The molecule has 11 heavy (non-hydrogen) atoms. The van der Waals surface area contributed by atoms with E-state index >= 15 is 0 Å². The summed E-state index contributed by atoms with van der Waals surface area (Å²) < 4.78 is 5.31. The van der Waals surface area contributed by atoms with Crippen LogP contribution >= 0.6 is 0 Å². The number of carbonyl (C=O) groups excluding carboxylic acids is 1. The van der Waals surface area contributed by atoms with Gasteiger partial charge in [0.25, 0.3) is 0 Å². The molecule has 0 aromatic heterocycles. The van der Waals surface area contributed by atoms with Crippen LogP contribution in [0.2, 0.25) is 0 Å². The number of hydrogen-bond donors (Lipinski definition) is 0. The van der Waals surface area contributed by atoms with Crippen LogP contribution in [0.1, 0.15) is 39.0 Å². The van der Waals surface area contributed by atoms with E-state index in [0.29, 0.717) is 12.3 Å². The first-order valence-corrected chi connectivity index (χ1v) is 4.40. The predicted octanol–water partition coefficient (Wildman–Crippen LogP) is 1.88. The minimum Gasteiger partial charge on any atom is -0.459 e. The molecule has 0 radical (unpaired) electrons. The molecule has 1 saturated heterocycles. The molecule has 0 spiro atoms. The lowest BCUT2D eigenvalue weighted by atomic mass is 9.76. The molecular weight excluding hydrogens is 140 g/mol. The number of ether oxygens (including phenoxy) is 1. The second kappa shape index (κ2) is 2.23. The zero-order chi connectivity index (χ0) is 7.90. The van der Waals surface area contributed by atoms with Gasteiger partial charge in [0.2, 0.25) is 0 Å². The molecule has 2 bridgehead atoms. The number of rotatable bonds is 0. The molecule has 62 valence electrons. The van der Waals surface area contributed by atoms with Gasteiger partial charge in [0, 0.05) is 6.42 Å². The summed E-state index contributed by atoms with van der Waals surface area (Å²) in [5.74, 6) is 0.637. The van der Waals surface area contributed by atoms with Gasteiger partial charge in [0.1, 0.15) is 5.60 Å². The number of hydrogen-bond acceptors (Lipinski definition) is 2. The van der Waals surface area contributed by atoms with Gasteiger partial charge in [-0.1, -0.05) is 0 Å². The summed E-state index contributed by atoms with van der Waals surface area (Å²) in [7, 11) is 0. The Balaban J connectivity index is 2.15. The van der Waals surface area contributed by atoms with E-state index in [-0.39, 0.29) is 11.6 Å². The Morgan fingerprint density at radius 1 is 1.64 bits per heavy atom. The molecule has 1 heterocycles. The summed E-state index contributed by atoms with van der Waals surface area (Å²) in [4.78, 5) is 11.1. The monoisotopic (exact) mass is 154 g/mol. The van der Waals surface area contributed by atoms with Gasteiger partial charge in [0.05, 0.1) is 0 Å². The fourth-order valence-electron chi connectivity index (χ4n) is 2.40. The van der Waals surface area contributed by atoms with Crippen LogP contribution in [0.5, 0.6) is 0 Å². The van der Waals surface area contributed by atoms with Gasteiger partial charge < -0.3 is 4.74 Å². The number of esters is 1. The first-order chi connectivity index (χ1) is 5.18. The first-order valence-electron chi connectivity index (χ1n) is 4.40. The summed E-state index contributed by atoms with van der Waals surface area (Å²) >= 11 is 0. The van der Waals surface area contributed by atoms with E-state index in [1.54, 1.807) is 0 Å². The van der Waals surface area contributed by atoms with Crippen LogP contribution in [0, 0.1) is 5.92 Å². The normalized spacial score (nSPS) is 43.4. The van der Waals surface area contributed by atoms with E-state index in [2.05, 4.69) is 6.92 Å². The Kier molecular flexibility index (Phi) is 1.44. The number of fused-ring (bicyclic) bond motifs is 2. The second-order valence-corrected chi connectivity index (χ2v) is 4.09. The highest BCUT2D eigenvalue weighted by atomic mass is 16.6. The molecule has 0 aromatic rings. The molecule has 0 aromatic carbocycles. The Morgan fingerprint density at radius 2 is 2.45 bits per heavy atom. The molecule has 2 fully saturated rings. The van der Waals surface area contributed by atoms with Crippen molar-refractivity contribution in [1.82, 2.24) is 0 Å². The maximum atomic E-state index is 11.1. The highest BCUT2D eigenvalue weighted by Crippen LogP contribution is 2.40. The van der Waals surface area contributed by atoms with Gasteiger partial charge in [-0.05, 0) is 38.5 Å². The van der Waals surface area contributed by atoms with Gasteiger partial charge in [-0.2, -0.15) is 0 Å². The zero-order valence-corrected chi connectivity index (χ0v) is 6.93. The minimum atomic E-state index is -0.0990. The molecule has 1 aliphatic carbocycles. The molecule has 2 atom stereocenters. The van der Waals surface area contributed by atoms with Crippen molar-refractivity contribution in [2.24, 2.45) is 5.92 Å². The van der Waals surface area contributed by atoms with Gasteiger partial charge in [-0.25, -0.2) is 0 Å². The van der Waals surface area contributed by atoms with Crippen LogP contribution in [-0.2, 0) is 9.53 Å². The molecule has 0 N–H and O–H groups in total. The van der Waals surface area contributed by atoms with Crippen molar-refractivity contribution in [1.29, 1.82) is 0 Å². The molecule has 2 nitrogen and oxygen atoms in total. The Bertz CT molecular complexity index is 188. The van der Waals surface area contributed by atoms with Gasteiger partial charge in [-0.15, -0.1) is 0 Å². The van der Waals surface area contributed by atoms with E-state index in [1.165, 1.54) is 12.8 Å². The van der Waals surface area contributed by atoms with Crippen molar-refractivity contribution in [3.8, 4) is 0 Å². The Labute approximate surface area is 66.9 Å². The SMILES string of the molecule is C[C@]12CCC[C@@H](CC(=O)O1)C2. The van der Waals surface area contributed by atoms with Crippen LogP contribution in [0.3, 0.4) is 0 Å². The number of carbonyl (C=O) groups is 1. The highest BCUT2D eigenvalue weighted by molar-refractivity contribution is 5.71. The topological polar surface area (TPSA) is 26.3 Å². The van der Waals surface area contributed by atoms with Crippen LogP contribution in [0.25, 0.3) is 0 Å². The molecule has 1 aliphatic heterocycles. The lowest BCUT2D eigenvalue weighted by molar-refractivity contribution is -0.174. The molecular formula is C9H14O2. The molecule has 2 heteroatoms. The maximum Gasteiger partial charge on any atom is 0.306 e. The van der Waals surface area contributed by atoms with Crippen molar-refractivity contribution in [2.45, 2.75) is 44.6 Å². The van der Waals surface area contributed by atoms with Crippen molar-refractivity contribution in [2.75, 3.05) is 0 Å². The Morgan fingerprint density at radius 3 is 3.18 bits per heavy atom. The largest absolute Gasteiger partial charge is 0.459 e. The first kappa shape index (κ1) is 7.14. The highest BCUT2D eigenvalue weighted by Gasteiger charge is 2.40. The molecule has 0 amide bonds. The lowest BCUT2D eigenvalue weighted by Gasteiger charge is -2.41. The van der Waals surface area contributed by atoms with Crippen molar-refractivity contribution >= 4 is 5.97 Å². The fraction of sp³-hybridized carbons (Fsp3) is 0.889. The van der Waals surface area contributed by atoms with Crippen molar-refractivity contribution in [3.05, 3.63) is 0 Å². The Hall–Kier alpha value is -0.530. The minimum absolute atomic E-state index is 0.0171. The zero-order valence-electron chi connectivity index (χ0n) is 6.93. The van der Waals surface area contributed by atoms with E-state index < -0.39 is 0 Å². The van der Waals surface area contributed by atoms with Crippen LogP contribution < -0.4 is 0 Å². The molecule has 1 saturated carbocycles. The maximum absolute atomic E-state index is 11.1. The summed E-state index contributed by atoms with van der Waals surface area (Å²) in [6.07, 6.45) is 5.28. The van der Waals surface area contributed by atoms with E-state index in [0.717, 1.165) is 12.8 Å². The third-order valence-corrected chi connectivity index (χ3v) is 2.85. The third kappa shape index (κ3) is 1.26. The van der Waals surface area contributed by atoms with E-state index in [9.17, 15) is 4.79 Å². The summed E-state index contributed by atoms with van der Waals surface area (Å²) in [6, 6.07) is 0. The summed E-state index contributed by atoms with van der Waals surface area (Å²) in [5.41, 5.74) is -0.0990. The summed E-state index contributed by atoms with van der Waals surface area (Å²) in [5, 5.41) is 0. The van der Waals surface area contributed by atoms with E-state index in [4.69, 9.17) is 4.74 Å². The van der Waals surface area contributed by atoms with Crippen LogP contribution in [0.4, 0.5) is 0 Å². The van der Waals surface area contributed by atoms with Crippen molar-refractivity contribution < 1.29 is 9.53 Å². The molecule has 2 aliphatic rings. The molecule has 0 unspecified atom stereocenters. The second-order valence-electron chi connectivity index (χ2n) is 4.09. The smallest absolute Gasteiger partial charge is 0.306 e. The average molecular weight is 154 g/mol. The third-order valence-electron chi connectivity index (χ3n) is 2.85. The lowest BCUT2D eigenvalue weighted by Crippen LogP contribution is -2.42. The van der Waals surface area contributed by atoms with Crippen LogP contribution in [-0.4, -0.2) is 11.6 Å². The van der Waals surface area contributed by atoms with Gasteiger partial charge in [0.15, 0.2) is 0 Å². The molecule has 2 rings (SSSR count). The predicted molar refractivity (Wildman–Crippen MR) is 41.1 cm³/mol. The van der Waals surface area contributed by atoms with E-state index in [1.807, 2.05) is 0 Å². The fourth-order valence-corrected chi connectivity index (χ4v) is 2.40. The van der Waals surface area contributed by atoms with Gasteiger partial charge >= 0.3 is 5.97 Å².